The fourth-order valence-electron chi connectivity index (χ4n) is 1.48. The predicted molar refractivity (Wildman–Crippen MR) is 73.9 cm³/mol. The second-order valence-corrected chi connectivity index (χ2v) is 8.19. The molecule has 0 radical (unpaired) electrons. The quantitative estimate of drug-likeness (QED) is 0.755. The minimum atomic E-state index is -3.16. The number of aryl methyl sites for hydroxylation is 1. The lowest BCUT2D eigenvalue weighted by Crippen LogP contribution is -2.15. The van der Waals surface area contributed by atoms with Crippen molar-refractivity contribution < 1.29 is 13.2 Å². The summed E-state index contributed by atoms with van der Waals surface area (Å²) >= 11 is 1.21. The van der Waals surface area contributed by atoms with E-state index in [1.807, 2.05) is 6.92 Å². The molecule has 4 nitrogen and oxygen atoms in total. The molecule has 18 heavy (non-hydrogen) atoms. The van der Waals surface area contributed by atoms with Gasteiger partial charge >= 0.3 is 0 Å². The van der Waals surface area contributed by atoms with Crippen molar-refractivity contribution >= 4 is 27.0 Å². The molecule has 1 aromatic heterocycles. The third-order valence-electron chi connectivity index (χ3n) is 2.59. The number of hydrogen-bond acceptors (Lipinski definition) is 5. The van der Waals surface area contributed by atoms with Crippen molar-refractivity contribution in [2.45, 2.75) is 51.5 Å². The molecule has 0 aliphatic carbocycles. The minimum Gasteiger partial charge on any atom is -0.294 e. The number of aromatic nitrogens is 1. The second-order valence-electron chi connectivity index (χ2n) is 4.55. The van der Waals surface area contributed by atoms with Crippen molar-refractivity contribution in [3.63, 3.8) is 0 Å². The lowest BCUT2D eigenvalue weighted by Gasteiger charge is -2.04. The van der Waals surface area contributed by atoms with Gasteiger partial charge in [0.15, 0.2) is 15.6 Å². The minimum absolute atomic E-state index is 0.0378. The summed E-state index contributed by atoms with van der Waals surface area (Å²) in [6.07, 6.45) is 1.60. The third kappa shape index (κ3) is 3.62. The largest absolute Gasteiger partial charge is 0.294 e. The number of Topliss-reactive ketones (excluding diaryl/α,β-unsaturated/α-hetero) is 1. The van der Waals surface area contributed by atoms with Gasteiger partial charge in [0.2, 0.25) is 0 Å². The first-order valence-corrected chi connectivity index (χ1v) is 8.52. The van der Waals surface area contributed by atoms with Crippen LogP contribution in [0, 0.1) is 0 Å². The maximum atomic E-state index is 11.8. The topological polar surface area (TPSA) is 64.1 Å². The number of carbonyl (C=O) groups is 1. The molecule has 0 saturated heterocycles. The summed E-state index contributed by atoms with van der Waals surface area (Å²) in [5.74, 6) is -0.108. The molecule has 0 unspecified atom stereocenters. The van der Waals surface area contributed by atoms with Crippen molar-refractivity contribution in [3.8, 4) is 0 Å². The van der Waals surface area contributed by atoms with Crippen molar-refractivity contribution in [1.29, 1.82) is 0 Å². The van der Waals surface area contributed by atoms with Crippen LogP contribution in [0.3, 0.4) is 0 Å². The summed E-state index contributed by atoms with van der Waals surface area (Å²) in [5.41, 5.74) is 0.740. The van der Waals surface area contributed by atoms with Crippen molar-refractivity contribution in [2.75, 3.05) is 0 Å². The van der Waals surface area contributed by atoms with Gasteiger partial charge in [0.25, 0.3) is 0 Å². The van der Waals surface area contributed by atoms with Crippen LogP contribution in [0.1, 0.15) is 54.5 Å². The molecule has 0 bridgehead atoms. The SMILES string of the molecule is CCCc1nc(CS(=O)(=O)C(C)C)sc1C(C)=O. The Morgan fingerprint density at radius 2 is 2.00 bits per heavy atom. The molecule has 0 aliphatic rings. The molecule has 0 aliphatic heterocycles. The zero-order chi connectivity index (χ0) is 13.9. The van der Waals surface area contributed by atoms with Crippen LogP contribution in [0.2, 0.25) is 0 Å². The smallest absolute Gasteiger partial charge is 0.171 e. The first-order chi connectivity index (χ1) is 8.27. The molecule has 1 rings (SSSR count). The van der Waals surface area contributed by atoms with Crippen LogP contribution in [-0.4, -0.2) is 24.4 Å². The van der Waals surface area contributed by atoms with Gasteiger partial charge in [0.05, 0.1) is 15.8 Å². The maximum Gasteiger partial charge on any atom is 0.171 e. The van der Waals surface area contributed by atoms with Crippen LogP contribution in [-0.2, 0) is 22.0 Å². The molecular formula is C12H19NO3S2. The van der Waals surface area contributed by atoms with Gasteiger partial charge in [0, 0.05) is 6.92 Å². The Labute approximate surface area is 112 Å². The Hall–Kier alpha value is -0.750. The van der Waals surface area contributed by atoms with Crippen LogP contribution in [0.25, 0.3) is 0 Å². The molecule has 0 atom stereocenters. The summed E-state index contributed by atoms with van der Waals surface area (Å²) < 4.78 is 23.7. The highest BCUT2D eigenvalue weighted by atomic mass is 32.2. The molecule has 1 heterocycles. The van der Waals surface area contributed by atoms with E-state index in [9.17, 15) is 13.2 Å². The first kappa shape index (κ1) is 15.3. The van der Waals surface area contributed by atoms with Gasteiger partial charge in [-0.1, -0.05) is 13.3 Å². The van der Waals surface area contributed by atoms with Crippen molar-refractivity contribution in [1.82, 2.24) is 4.98 Å². The Kier molecular flexibility index (Phi) is 5.04. The highest BCUT2D eigenvalue weighted by molar-refractivity contribution is 7.91. The highest BCUT2D eigenvalue weighted by Crippen LogP contribution is 2.23. The van der Waals surface area contributed by atoms with E-state index in [1.165, 1.54) is 18.3 Å². The molecule has 1 aromatic rings. The fourth-order valence-corrected chi connectivity index (χ4v) is 3.75. The number of carbonyl (C=O) groups excluding carboxylic acids is 1. The first-order valence-electron chi connectivity index (χ1n) is 5.99. The van der Waals surface area contributed by atoms with Crippen LogP contribution in [0.5, 0.6) is 0 Å². The summed E-state index contributed by atoms with van der Waals surface area (Å²) in [5, 5.41) is 0.106. The van der Waals surface area contributed by atoms with Gasteiger partial charge in [-0.3, -0.25) is 4.79 Å². The Morgan fingerprint density at radius 3 is 2.44 bits per heavy atom. The van der Waals surface area contributed by atoms with E-state index in [2.05, 4.69) is 4.98 Å². The second kappa shape index (κ2) is 5.93. The van der Waals surface area contributed by atoms with E-state index < -0.39 is 15.1 Å². The van der Waals surface area contributed by atoms with Crippen LogP contribution >= 0.6 is 11.3 Å². The third-order valence-corrected chi connectivity index (χ3v) is 6.08. The molecular weight excluding hydrogens is 270 g/mol. The average Bonchev–Trinajstić information content (AvgIpc) is 2.60. The summed E-state index contributed by atoms with van der Waals surface area (Å²) in [4.78, 5) is 16.4. The highest BCUT2D eigenvalue weighted by Gasteiger charge is 2.21. The number of nitrogens with zero attached hydrogens (tertiary/aromatic N) is 1. The van der Waals surface area contributed by atoms with E-state index in [-0.39, 0.29) is 11.5 Å². The molecule has 0 N–H and O–H groups in total. The number of hydrogen-bond donors (Lipinski definition) is 0. The zero-order valence-corrected chi connectivity index (χ0v) is 12.8. The van der Waals surface area contributed by atoms with Gasteiger partial charge in [-0.15, -0.1) is 11.3 Å². The maximum absolute atomic E-state index is 11.8. The van der Waals surface area contributed by atoms with E-state index in [0.717, 1.165) is 12.1 Å². The Bertz CT molecular complexity index is 530. The number of thiazole rings is 1. The van der Waals surface area contributed by atoms with Crippen LogP contribution in [0.4, 0.5) is 0 Å². The fraction of sp³-hybridized carbons (Fsp3) is 0.667. The summed E-state index contributed by atoms with van der Waals surface area (Å²) in [6, 6.07) is 0. The van der Waals surface area contributed by atoms with Gasteiger partial charge in [-0.25, -0.2) is 13.4 Å². The van der Waals surface area contributed by atoms with Gasteiger partial charge < -0.3 is 0 Å². The van der Waals surface area contributed by atoms with Gasteiger partial charge in [-0.2, -0.15) is 0 Å². The molecule has 0 spiro atoms. The summed E-state index contributed by atoms with van der Waals surface area (Å²) in [7, 11) is -3.16. The van der Waals surface area contributed by atoms with Gasteiger partial charge in [0.1, 0.15) is 10.8 Å². The van der Waals surface area contributed by atoms with Crippen molar-refractivity contribution in [2.24, 2.45) is 0 Å². The van der Waals surface area contributed by atoms with Crippen molar-refractivity contribution in [3.05, 3.63) is 15.6 Å². The monoisotopic (exact) mass is 289 g/mol. The molecule has 102 valence electrons. The van der Waals surface area contributed by atoms with Crippen LogP contribution < -0.4 is 0 Å². The zero-order valence-electron chi connectivity index (χ0n) is 11.2. The standard InChI is InChI=1S/C12H19NO3S2/c1-5-6-10-12(9(4)14)17-11(13-10)7-18(15,16)8(2)3/h8H,5-7H2,1-4H3. The van der Waals surface area contributed by atoms with E-state index >= 15 is 0 Å². The summed E-state index contributed by atoms with van der Waals surface area (Å²) in [6.45, 7) is 6.81. The van der Waals surface area contributed by atoms with Crippen LogP contribution in [0.15, 0.2) is 0 Å². The van der Waals surface area contributed by atoms with E-state index in [4.69, 9.17) is 0 Å². The molecule has 6 heteroatoms. The number of rotatable bonds is 6. The van der Waals surface area contributed by atoms with E-state index in [0.29, 0.717) is 16.3 Å². The number of sulfone groups is 1. The normalized spacial score (nSPS) is 12.1. The van der Waals surface area contributed by atoms with Gasteiger partial charge in [-0.05, 0) is 20.3 Å². The molecule has 0 saturated carbocycles. The number of ketones is 1. The lowest BCUT2D eigenvalue weighted by molar-refractivity contribution is 0.102. The Balaban J connectivity index is 3.06. The lowest BCUT2D eigenvalue weighted by atomic mass is 10.2. The molecule has 0 amide bonds. The van der Waals surface area contributed by atoms with E-state index in [1.54, 1.807) is 13.8 Å². The molecule has 0 fully saturated rings. The molecule has 0 aromatic carbocycles. The average molecular weight is 289 g/mol. The predicted octanol–water partition coefficient (Wildman–Crippen LogP) is 2.62. The Morgan fingerprint density at radius 1 is 1.39 bits per heavy atom.